The zero-order valence-corrected chi connectivity index (χ0v) is 11.8. The van der Waals surface area contributed by atoms with Crippen LogP contribution in [0.4, 0.5) is 5.13 Å². The van der Waals surface area contributed by atoms with Gasteiger partial charge in [0.05, 0.1) is 10.7 Å². The second-order valence-electron chi connectivity index (χ2n) is 3.19. The Kier molecular flexibility index (Phi) is 3.84. The van der Waals surface area contributed by atoms with Gasteiger partial charge in [-0.1, -0.05) is 33.6 Å². The molecule has 1 N–H and O–H groups in total. The number of halogens is 2. The number of aromatic nitrogens is 1. The molecule has 0 aliphatic heterocycles. The maximum absolute atomic E-state index is 6.16. The maximum Gasteiger partial charge on any atom is 0.183 e. The lowest BCUT2D eigenvalue weighted by Gasteiger charge is -2.01. The van der Waals surface area contributed by atoms with E-state index < -0.39 is 0 Å². The number of hydrogen-bond acceptors (Lipinski definition) is 3. The standard InChI is InChI=1S/C11H10BrClN2S/c1-2-14-11-15-10(6-16-11)8-4-3-7(12)5-9(8)13/h3-6H,2H2,1H3,(H,14,15). The van der Waals surface area contributed by atoms with Crippen LogP contribution in [0.1, 0.15) is 6.92 Å². The summed E-state index contributed by atoms with van der Waals surface area (Å²) in [6.07, 6.45) is 0. The molecule has 0 radical (unpaired) electrons. The number of anilines is 1. The van der Waals surface area contributed by atoms with Crippen molar-refractivity contribution in [3.05, 3.63) is 33.1 Å². The van der Waals surface area contributed by atoms with Crippen molar-refractivity contribution in [2.75, 3.05) is 11.9 Å². The Morgan fingerprint density at radius 2 is 2.31 bits per heavy atom. The van der Waals surface area contributed by atoms with Gasteiger partial charge in [0.15, 0.2) is 5.13 Å². The molecule has 0 unspecified atom stereocenters. The largest absolute Gasteiger partial charge is 0.362 e. The summed E-state index contributed by atoms with van der Waals surface area (Å²) in [6.45, 7) is 2.93. The third kappa shape index (κ3) is 2.56. The SMILES string of the molecule is CCNc1nc(-c2ccc(Br)cc2Cl)cs1. The first kappa shape index (κ1) is 11.9. The van der Waals surface area contributed by atoms with Crippen molar-refractivity contribution >= 4 is 44.0 Å². The number of thiazole rings is 1. The highest BCUT2D eigenvalue weighted by Gasteiger charge is 2.08. The first-order chi connectivity index (χ1) is 7.70. The summed E-state index contributed by atoms with van der Waals surface area (Å²) < 4.78 is 0.975. The molecular weight excluding hydrogens is 308 g/mol. The Morgan fingerprint density at radius 3 is 3.00 bits per heavy atom. The van der Waals surface area contributed by atoms with Crippen molar-refractivity contribution < 1.29 is 0 Å². The normalized spacial score (nSPS) is 10.4. The van der Waals surface area contributed by atoms with Gasteiger partial charge >= 0.3 is 0 Å². The fourth-order valence-corrected chi connectivity index (χ4v) is 2.88. The van der Waals surface area contributed by atoms with E-state index in [1.165, 1.54) is 0 Å². The minimum Gasteiger partial charge on any atom is -0.362 e. The van der Waals surface area contributed by atoms with Gasteiger partial charge < -0.3 is 5.32 Å². The van der Waals surface area contributed by atoms with E-state index in [9.17, 15) is 0 Å². The van der Waals surface area contributed by atoms with Gasteiger partial charge in [-0.25, -0.2) is 4.98 Å². The molecule has 0 atom stereocenters. The molecule has 0 spiro atoms. The highest BCUT2D eigenvalue weighted by Crippen LogP contribution is 2.32. The van der Waals surface area contributed by atoms with E-state index in [2.05, 4.69) is 26.2 Å². The molecule has 16 heavy (non-hydrogen) atoms. The second kappa shape index (κ2) is 5.17. The number of rotatable bonds is 3. The van der Waals surface area contributed by atoms with Gasteiger partial charge in [0, 0.05) is 22.0 Å². The first-order valence-corrected chi connectivity index (χ1v) is 6.90. The molecule has 2 nitrogen and oxygen atoms in total. The Labute approximate surface area is 112 Å². The summed E-state index contributed by atoms with van der Waals surface area (Å²) in [7, 11) is 0. The lowest BCUT2D eigenvalue weighted by atomic mass is 10.2. The van der Waals surface area contributed by atoms with Crippen LogP contribution < -0.4 is 5.32 Å². The van der Waals surface area contributed by atoms with Crippen LogP contribution in [0.25, 0.3) is 11.3 Å². The lowest BCUT2D eigenvalue weighted by Crippen LogP contribution is -1.95. The van der Waals surface area contributed by atoms with Crippen LogP contribution in [0.2, 0.25) is 5.02 Å². The smallest absolute Gasteiger partial charge is 0.183 e. The van der Waals surface area contributed by atoms with Gasteiger partial charge in [-0.05, 0) is 19.1 Å². The maximum atomic E-state index is 6.16. The average molecular weight is 318 g/mol. The molecule has 2 aromatic rings. The van der Waals surface area contributed by atoms with Crippen molar-refractivity contribution in [1.82, 2.24) is 4.98 Å². The highest BCUT2D eigenvalue weighted by atomic mass is 79.9. The van der Waals surface area contributed by atoms with E-state index in [0.717, 1.165) is 27.4 Å². The summed E-state index contributed by atoms with van der Waals surface area (Å²) in [6, 6.07) is 5.81. The third-order valence-corrected chi connectivity index (χ3v) is 3.65. The Bertz CT molecular complexity index is 498. The molecule has 1 aromatic carbocycles. The Morgan fingerprint density at radius 1 is 1.50 bits per heavy atom. The molecular formula is C11H10BrClN2S. The predicted octanol–water partition coefficient (Wildman–Crippen LogP) is 4.66. The fraction of sp³-hybridized carbons (Fsp3) is 0.182. The Hall–Kier alpha value is -0.580. The highest BCUT2D eigenvalue weighted by molar-refractivity contribution is 9.10. The second-order valence-corrected chi connectivity index (χ2v) is 5.37. The van der Waals surface area contributed by atoms with Gasteiger partial charge in [0.2, 0.25) is 0 Å². The molecule has 1 aromatic heterocycles. The number of benzene rings is 1. The molecule has 0 saturated carbocycles. The molecule has 5 heteroatoms. The first-order valence-electron chi connectivity index (χ1n) is 4.85. The van der Waals surface area contributed by atoms with Crippen LogP contribution in [0.3, 0.4) is 0 Å². The lowest BCUT2D eigenvalue weighted by molar-refractivity contribution is 1.19. The predicted molar refractivity (Wildman–Crippen MR) is 74.4 cm³/mol. The topological polar surface area (TPSA) is 24.9 Å². The van der Waals surface area contributed by atoms with Crippen LogP contribution in [0.5, 0.6) is 0 Å². The summed E-state index contributed by atoms with van der Waals surface area (Å²) >= 11 is 11.1. The molecule has 0 fully saturated rings. The van der Waals surface area contributed by atoms with Crippen LogP contribution in [-0.4, -0.2) is 11.5 Å². The average Bonchev–Trinajstić information content (AvgIpc) is 2.67. The minimum atomic E-state index is 0.711. The summed E-state index contributed by atoms with van der Waals surface area (Å²) in [5, 5.41) is 6.83. The van der Waals surface area contributed by atoms with E-state index in [1.807, 2.05) is 30.5 Å². The van der Waals surface area contributed by atoms with E-state index in [-0.39, 0.29) is 0 Å². The summed E-state index contributed by atoms with van der Waals surface area (Å²) in [5.41, 5.74) is 1.88. The van der Waals surface area contributed by atoms with Crippen LogP contribution >= 0.6 is 38.9 Å². The monoisotopic (exact) mass is 316 g/mol. The molecule has 0 amide bonds. The fourth-order valence-electron chi connectivity index (χ4n) is 1.33. The van der Waals surface area contributed by atoms with Crippen molar-refractivity contribution in [1.29, 1.82) is 0 Å². The van der Waals surface area contributed by atoms with E-state index >= 15 is 0 Å². The number of nitrogens with one attached hydrogen (secondary N) is 1. The van der Waals surface area contributed by atoms with E-state index in [0.29, 0.717) is 5.02 Å². The van der Waals surface area contributed by atoms with Crippen LogP contribution in [0.15, 0.2) is 28.1 Å². The number of nitrogens with zero attached hydrogens (tertiary/aromatic N) is 1. The molecule has 0 aliphatic carbocycles. The van der Waals surface area contributed by atoms with Crippen molar-refractivity contribution in [3.63, 3.8) is 0 Å². The Balaban J connectivity index is 2.35. The summed E-state index contributed by atoms with van der Waals surface area (Å²) in [4.78, 5) is 4.47. The van der Waals surface area contributed by atoms with E-state index in [4.69, 9.17) is 11.6 Å². The molecule has 1 heterocycles. The van der Waals surface area contributed by atoms with Crippen LogP contribution in [0, 0.1) is 0 Å². The zero-order chi connectivity index (χ0) is 11.5. The van der Waals surface area contributed by atoms with Gasteiger partial charge in [-0.3, -0.25) is 0 Å². The van der Waals surface area contributed by atoms with Gasteiger partial charge in [0.1, 0.15) is 0 Å². The minimum absolute atomic E-state index is 0.711. The molecule has 2 rings (SSSR count). The quantitative estimate of drug-likeness (QED) is 0.890. The number of hydrogen-bond donors (Lipinski definition) is 1. The van der Waals surface area contributed by atoms with Crippen molar-refractivity contribution in [3.8, 4) is 11.3 Å². The summed E-state index contributed by atoms with van der Waals surface area (Å²) in [5.74, 6) is 0. The van der Waals surface area contributed by atoms with Crippen LogP contribution in [-0.2, 0) is 0 Å². The van der Waals surface area contributed by atoms with Gasteiger partial charge in [-0.15, -0.1) is 11.3 Å². The van der Waals surface area contributed by atoms with E-state index in [1.54, 1.807) is 11.3 Å². The molecule has 0 aliphatic rings. The van der Waals surface area contributed by atoms with Crippen molar-refractivity contribution in [2.45, 2.75) is 6.92 Å². The molecule has 0 bridgehead atoms. The molecule has 84 valence electrons. The van der Waals surface area contributed by atoms with Gasteiger partial charge in [0.25, 0.3) is 0 Å². The third-order valence-electron chi connectivity index (χ3n) is 2.04. The van der Waals surface area contributed by atoms with Gasteiger partial charge in [-0.2, -0.15) is 0 Å². The zero-order valence-electron chi connectivity index (χ0n) is 8.63. The van der Waals surface area contributed by atoms with Crippen molar-refractivity contribution in [2.24, 2.45) is 0 Å². The molecule has 0 saturated heterocycles.